The lowest BCUT2D eigenvalue weighted by Crippen LogP contribution is -2.50. The molecule has 3 atom stereocenters. The summed E-state index contributed by atoms with van der Waals surface area (Å²) >= 11 is 0. The molecule has 8 heteroatoms. The van der Waals surface area contributed by atoms with Crippen LogP contribution in [0.25, 0.3) is 11.0 Å². The molecule has 3 aromatic rings. The van der Waals surface area contributed by atoms with Crippen molar-refractivity contribution in [3.63, 3.8) is 0 Å². The van der Waals surface area contributed by atoms with Crippen LogP contribution in [0.3, 0.4) is 0 Å². The summed E-state index contributed by atoms with van der Waals surface area (Å²) in [5, 5.41) is 10.1. The van der Waals surface area contributed by atoms with Crippen LogP contribution in [0.4, 0.5) is 0 Å². The number of aryl methyl sites for hydroxylation is 1. The van der Waals surface area contributed by atoms with E-state index in [-0.39, 0.29) is 30.4 Å². The van der Waals surface area contributed by atoms with Gasteiger partial charge in [0.05, 0.1) is 16.4 Å². The Morgan fingerprint density at radius 2 is 1.94 bits per heavy atom. The first-order chi connectivity index (χ1) is 16.4. The first kappa shape index (κ1) is 23.5. The molecule has 5 rings (SSSR count). The van der Waals surface area contributed by atoms with E-state index in [2.05, 4.69) is 27.4 Å². The standard InChI is InChI=1S/C25H28N4O2.CH2O2/c1-16-27-21-10-8-19(12-22(21)28-16)15-26-24(31)25(13-18-6-4-3-5-7-18)14-20-9-11-23(25)29(20)17(2)30;2-1-3/h3-8,10,12,20,23H,9,11,13-15H2,1-2H3,(H,26,31)(H,27,28);1H,(H,2,3)/t20-,23+,25+;/m1./s1. The van der Waals surface area contributed by atoms with E-state index in [9.17, 15) is 9.59 Å². The Kier molecular flexibility index (Phi) is 6.68. The van der Waals surface area contributed by atoms with Gasteiger partial charge in [-0.15, -0.1) is 0 Å². The largest absolute Gasteiger partial charge is 0.483 e. The molecule has 178 valence electrons. The fraction of sp³-hybridized carbons (Fsp3) is 0.385. The second-order valence-corrected chi connectivity index (χ2v) is 9.16. The highest BCUT2D eigenvalue weighted by atomic mass is 16.3. The third-order valence-electron chi connectivity index (χ3n) is 7.04. The molecular formula is C26H30N4O4. The number of nitrogens with zero attached hydrogens (tertiary/aromatic N) is 2. The van der Waals surface area contributed by atoms with Crippen LogP contribution < -0.4 is 5.32 Å². The Balaban J connectivity index is 0.000000868. The van der Waals surface area contributed by atoms with Gasteiger partial charge in [0.25, 0.3) is 6.47 Å². The quantitative estimate of drug-likeness (QED) is 0.504. The molecule has 0 unspecified atom stereocenters. The molecular weight excluding hydrogens is 432 g/mol. The smallest absolute Gasteiger partial charge is 0.290 e. The third-order valence-corrected chi connectivity index (χ3v) is 7.04. The number of amides is 2. The van der Waals surface area contributed by atoms with Crippen molar-refractivity contribution < 1.29 is 19.5 Å². The highest BCUT2D eigenvalue weighted by Gasteiger charge is 2.60. The Morgan fingerprint density at radius 3 is 2.62 bits per heavy atom. The number of rotatable bonds is 5. The van der Waals surface area contributed by atoms with E-state index in [1.54, 1.807) is 6.92 Å². The van der Waals surface area contributed by atoms with E-state index in [1.165, 1.54) is 0 Å². The molecule has 1 aromatic heterocycles. The summed E-state index contributed by atoms with van der Waals surface area (Å²) in [4.78, 5) is 44.1. The number of benzene rings is 2. The summed E-state index contributed by atoms with van der Waals surface area (Å²) in [5.74, 6) is 1.01. The maximum absolute atomic E-state index is 13.7. The molecule has 2 aromatic carbocycles. The van der Waals surface area contributed by atoms with E-state index >= 15 is 0 Å². The predicted octanol–water partition coefficient (Wildman–Crippen LogP) is 3.20. The SMILES string of the molecule is CC(=O)N1[C@@H]2CC[C@H]1[C@@](Cc1ccccc1)(C(=O)NCc1ccc3nc(C)[nH]c3c1)C2.O=CO. The van der Waals surface area contributed by atoms with Crippen LogP contribution in [0.15, 0.2) is 48.5 Å². The second-order valence-electron chi connectivity index (χ2n) is 9.16. The van der Waals surface area contributed by atoms with Crippen molar-refractivity contribution in [2.45, 2.75) is 58.2 Å². The van der Waals surface area contributed by atoms with Crippen molar-refractivity contribution in [3.05, 3.63) is 65.5 Å². The number of H-pyrrole nitrogens is 1. The fourth-order valence-corrected chi connectivity index (χ4v) is 5.79. The van der Waals surface area contributed by atoms with Crippen molar-refractivity contribution in [1.29, 1.82) is 0 Å². The molecule has 2 saturated heterocycles. The number of hydrogen-bond acceptors (Lipinski definition) is 4. The number of carbonyl (C=O) groups excluding carboxylic acids is 2. The van der Waals surface area contributed by atoms with Crippen LogP contribution in [0.2, 0.25) is 0 Å². The molecule has 34 heavy (non-hydrogen) atoms. The maximum atomic E-state index is 13.7. The van der Waals surface area contributed by atoms with Gasteiger partial charge in [-0.1, -0.05) is 36.4 Å². The van der Waals surface area contributed by atoms with Gasteiger partial charge in [-0.3, -0.25) is 14.4 Å². The predicted molar refractivity (Wildman–Crippen MR) is 128 cm³/mol. The number of aromatic nitrogens is 2. The lowest BCUT2D eigenvalue weighted by atomic mass is 9.69. The van der Waals surface area contributed by atoms with Gasteiger partial charge in [0.2, 0.25) is 11.8 Å². The summed E-state index contributed by atoms with van der Waals surface area (Å²) in [6.45, 7) is 3.77. The van der Waals surface area contributed by atoms with Crippen molar-refractivity contribution in [3.8, 4) is 0 Å². The van der Waals surface area contributed by atoms with E-state index in [1.807, 2.05) is 48.2 Å². The molecule has 2 bridgehead atoms. The lowest BCUT2D eigenvalue weighted by Gasteiger charge is -2.36. The molecule has 2 fully saturated rings. The van der Waals surface area contributed by atoms with Crippen molar-refractivity contribution in [1.82, 2.24) is 20.2 Å². The average Bonchev–Trinajstić information content (AvgIpc) is 3.49. The van der Waals surface area contributed by atoms with Gasteiger partial charge in [0, 0.05) is 25.6 Å². The van der Waals surface area contributed by atoms with Crippen molar-refractivity contribution >= 4 is 29.3 Å². The van der Waals surface area contributed by atoms with Gasteiger partial charge in [0.1, 0.15) is 5.82 Å². The number of imidazole rings is 1. The molecule has 2 amide bonds. The molecule has 3 N–H and O–H groups in total. The molecule has 8 nitrogen and oxygen atoms in total. The number of carbonyl (C=O) groups is 3. The summed E-state index contributed by atoms with van der Waals surface area (Å²) in [6.07, 6.45) is 3.27. The average molecular weight is 463 g/mol. The van der Waals surface area contributed by atoms with E-state index in [0.29, 0.717) is 13.0 Å². The Morgan fingerprint density at radius 1 is 1.21 bits per heavy atom. The summed E-state index contributed by atoms with van der Waals surface area (Å²) in [7, 11) is 0. The van der Waals surface area contributed by atoms with Gasteiger partial charge in [-0.2, -0.15) is 0 Å². The summed E-state index contributed by atoms with van der Waals surface area (Å²) in [5.41, 5.74) is 3.50. The molecule has 2 aliphatic rings. The lowest BCUT2D eigenvalue weighted by molar-refractivity contribution is -0.135. The van der Waals surface area contributed by atoms with Gasteiger partial charge >= 0.3 is 0 Å². The zero-order valence-corrected chi connectivity index (χ0v) is 19.5. The summed E-state index contributed by atoms with van der Waals surface area (Å²) < 4.78 is 0. The van der Waals surface area contributed by atoms with E-state index in [4.69, 9.17) is 9.90 Å². The Labute approximate surface area is 198 Å². The molecule has 0 saturated carbocycles. The molecule has 2 aliphatic heterocycles. The molecule has 0 aliphatic carbocycles. The van der Waals surface area contributed by atoms with Crippen LogP contribution in [0.1, 0.15) is 43.1 Å². The Hall–Kier alpha value is -3.68. The molecule has 3 heterocycles. The number of aromatic amines is 1. The minimum absolute atomic E-state index is 0.0343. The van der Waals surface area contributed by atoms with Crippen LogP contribution in [0, 0.1) is 12.3 Å². The number of nitrogens with one attached hydrogen (secondary N) is 2. The fourth-order valence-electron chi connectivity index (χ4n) is 5.79. The normalized spacial score (nSPS) is 22.8. The van der Waals surface area contributed by atoms with Gasteiger partial charge in [-0.05, 0) is 55.9 Å². The number of carboxylic acid groups (broad SMARTS) is 1. The van der Waals surface area contributed by atoms with Gasteiger partial charge in [0.15, 0.2) is 0 Å². The third kappa shape index (κ3) is 4.40. The van der Waals surface area contributed by atoms with Crippen LogP contribution >= 0.6 is 0 Å². The molecule has 0 radical (unpaired) electrons. The van der Waals surface area contributed by atoms with Gasteiger partial charge in [-0.25, -0.2) is 4.98 Å². The zero-order valence-electron chi connectivity index (χ0n) is 19.5. The monoisotopic (exact) mass is 462 g/mol. The Bertz CT molecular complexity index is 1190. The minimum atomic E-state index is -0.579. The van der Waals surface area contributed by atoms with Crippen molar-refractivity contribution in [2.75, 3.05) is 0 Å². The highest BCUT2D eigenvalue weighted by Crippen LogP contribution is 2.51. The van der Waals surface area contributed by atoms with Gasteiger partial charge < -0.3 is 20.3 Å². The second kappa shape index (κ2) is 9.67. The topological polar surface area (TPSA) is 115 Å². The van der Waals surface area contributed by atoms with Crippen LogP contribution in [0.5, 0.6) is 0 Å². The number of hydrogen-bond donors (Lipinski definition) is 3. The maximum Gasteiger partial charge on any atom is 0.290 e. The first-order valence-electron chi connectivity index (χ1n) is 11.5. The van der Waals surface area contributed by atoms with E-state index in [0.717, 1.165) is 47.2 Å². The van der Waals surface area contributed by atoms with Crippen LogP contribution in [-0.2, 0) is 27.3 Å². The minimum Gasteiger partial charge on any atom is -0.483 e. The van der Waals surface area contributed by atoms with Crippen molar-refractivity contribution in [2.24, 2.45) is 5.41 Å². The summed E-state index contributed by atoms with van der Waals surface area (Å²) in [6, 6.07) is 16.3. The number of fused-ring (bicyclic) bond motifs is 3. The van der Waals surface area contributed by atoms with E-state index < -0.39 is 5.41 Å². The first-order valence-corrected chi connectivity index (χ1v) is 11.5. The zero-order chi connectivity index (χ0) is 24.3. The highest BCUT2D eigenvalue weighted by molar-refractivity contribution is 5.87. The van der Waals surface area contributed by atoms with Crippen LogP contribution in [-0.4, -0.2) is 50.3 Å². The molecule has 0 spiro atoms.